The quantitative estimate of drug-likeness (QED) is 0.581. The SMILES string of the molecule is [O-][N+]1=C[C@H](OCc2ccccc2)[C@@H](O)C1. The van der Waals surface area contributed by atoms with Gasteiger partial charge in [0.05, 0.1) is 6.61 Å². The standard InChI is InChI=1S/C11H13NO3/c13-10-6-12(14)7-11(10)15-8-9-4-2-1-3-5-9/h1-5,7,10-11,13H,6,8H2/t10-,11-/m0/s1. The van der Waals surface area contributed by atoms with Gasteiger partial charge in [-0.2, -0.15) is 0 Å². The fourth-order valence-corrected chi connectivity index (χ4v) is 1.53. The van der Waals surface area contributed by atoms with Crippen LogP contribution < -0.4 is 0 Å². The summed E-state index contributed by atoms with van der Waals surface area (Å²) in [4.78, 5) is 0. The van der Waals surface area contributed by atoms with Gasteiger partial charge in [-0.25, -0.2) is 4.74 Å². The van der Waals surface area contributed by atoms with Crippen LogP contribution in [0.15, 0.2) is 30.3 Å². The number of benzene rings is 1. The zero-order chi connectivity index (χ0) is 10.7. The molecule has 0 fully saturated rings. The topological polar surface area (TPSA) is 55.5 Å². The lowest BCUT2D eigenvalue weighted by molar-refractivity contribution is -0.452. The Bertz CT molecular complexity index is 350. The minimum atomic E-state index is -0.716. The fourth-order valence-electron chi connectivity index (χ4n) is 1.53. The Morgan fingerprint density at radius 3 is 2.73 bits per heavy atom. The lowest BCUT2D eigenvalue weighted by Crippen LogP contribution is -2.27. The molecule has 0 aromatic heterocycles. The van der Waals surface area contributed by atoms with Crippen molar-refractivity contribution in [2.24, 2.45) is 0 Å². The van der Waals surface area contributed by atoms with Gasteiger partial charge in [-0.3, -0.25) is 0 Å². The molecule has 0 unspecified atom stereocenters. The molecule has 2 rings (SSSR count). The van der Waals surface area contributed by atoms with Crippen molar-refractivity contribution in [3.05, 3.63) is 41.1 Å². The summed E-state index contributed by atoms with van der Waals surface area (Å²) in [7, 11) is 0. The molecule has 4 heteroatoms. The van der Waals surface area contributed by atoms with Crippen LogP contribution in [0.4, 0.5) is 0 Å². The summed E-state index contributed by atoms with van der Waals surface area (Å²) < 4.78 is 6.13. The monoisotopic (exact) mass is 207 g/mol. The molecule has 1 N–H and O–H groups in total. The maximum absolute atomic E-state index is 10.9. The third-order valence-corrected chi connectivity index (χ3v) is 2.34. The van der Waals surface area contributed by atoms with E-state index in [9.17, 15) is 10.3 Å². The minimum Gasteiger partial charge on any atom is -0.624 e. The molecule has 0 amide bonds. The molecule has 2 atom stereocenters. The summed E-state index contributed by atoms with van der Waals surface area (Å²) in [5.74, 6) is 0. The molecule has 0 aliphatic carbocycles. The largest absolute Gasteiger partial charge is 0.624 e. The second-order valence-electron chi connectivity index (χ2n) is 3.58. The molecule has 1 aromatic carbocycles. The van der Waals surface area contributed by atoms with Gasteiger partial charge in [0, 0.05) is 0 Å². The molecular weight excluding hydrogens is 194 g/mol. The lowest BCUT2D eigenvalue weighted by Gasteiger charge is -2.10. The van der Waals surface area contributed by atoms with Crippen LogP contribution in [0.2, 0.25) is 0 Å². The van der Waals surface area contributed by atoms with Crippen LogP contribution in [0.3, 0.4) is 0 Å². The maximum Gasteiger partial charge on any atom is 0.183 e. The van der Waals surface area contributed by atoms with Crippen LogP contribution in [0, 0.1) is 5.21 Å². The number of hydrogen-bond donors (Lipinski definition) is 1. The number of rotatable bonds is 3. The average molecular weight is 207 g/mol. The van der Waals surface area contributed by atoms with Crippen LogP contribution in [0.5, 0.6) is 0 Å². The van der Waals surface area contributed by atoms with Gasteiger partial charge in [0.25, 0.3) is 0 Å². The summed E-state index contributed by atoms with van der Waals surface area (Å²) in [6.45, 7) is 0.506. The highest BCUT2D eigenvalue weighted by molar-refractivity contribution is 5.60. The van der Waals surface area contributed by atoms with E-state index >= 15 is 0 Å². The second-order valence-corrected chi connectivity index (χ2v) is 3.58. The molecule has 0 spiro atoms. The van der Waals surface area contributed by atoms with E-state index in [1.807, 2.05) is 30.3 Å². The van der Waals surface area contributed by atoms with Gasteiger partial charge < -0.3 is 15.1 Å². The Morgan fingerprint density at radius 1 is 1.40 bits per heavy atom. The van der Waals surface area contributed by atoms with Gasteiger partial charge >= 0.3 is 0 Å². The molecule has 0 radical (unpaired) electrons. The van der Waals surface area contributed by atoms with E-state index in [0.717, 1.165) is 5.56 Å². The van der Waals surface area contributed by atoms with Crippen molar-refractivity contribution >= 4 is 6.21 Å². The Labute approximate surface area is 88.0 Å². The zero-order valence-corrected chi connectivity index (χ0v) is 8.24. The van der Waals surface area contributed by atoms with E-state index in [4.69, 9.17) is 4.74 Å². The van der Waals surface area contributed by atoms with Gasteiger partial charge in [-0.1, -0.05) is 30.3 Å². The zero-order valence-electron chi connectivity index (χ0n) is 8.24. The van der Waals surface area contributed by atoms with Gasteiger partial charge in [0.15, 0.2) is 18.9 Å². The Balaban J connectivity index is 1.89. The van der Waals surface area contributed by atoms with Crippen LogP contribution in [0.1, 0.15) is 5.56 Å². The number of hydroxylamine groups is 1. The molecule has 4 nitrogen and oxygen atoms in total. The lowest BCUT2D eigenvalue weighted by atomic mass is 10.2. The highest BCUT2D eigenvalue weighted by atomic mass is 16.5. The Morgan fingerprint density at radius 2 is 2.13 bits per heavy atom. The summed E-state index contributed by atoms with van der Waals surface area (Å²) in [6, 6.07) is 9.66. The smallest absolute Gasteiger partial charge is 0.183 e. The van der Waals surface area contributed by atoms with Crippen molar-refractivity contribution in [3.8, 4) is 0 Å². The molecule has 0 saturated heterocycles. The third-order valence-electron chi connectivity index (χ3n) is 2.34. The highest BCUT2D eigenvalue weighted by Gasteiger charge is 2.30. The molecule has 1 aromatic rings. The summed E-state index contributed by atoms with van der Waals surface area (Å²) in [6.07, 6.45) is 0.169. The Kier molecular flexibility index (Phi) is 2.99. The molecule has 1 heterocycles. The van der Waals surface area contributed by atoms with Gasteiger partial charge in [0.1, 0.15) is 6.10 Å². The van der Waals surface area contributed by atoms with Crippen molar-refractivity contribution in [2.75, 3.05) is 6.54 Å². The second kappa shape index (κ2) is 4.42. The first-order valence-electron chi connectivity index (χ1n) is 4.88. The van der Waals surface area contributed by atoms with Gasteiger partial charge in [0.2, 0.25) is 0 Å². The number of hydrogen-bond acceptors (Lipinski definition) is 3. The van der Waals surface area contributed by atoms with Crippen molar-refractivity contribution in [1.82, 2.24) is 0 Å². The predicted octanol–water partition coefficient (Wildman–Crippen LogP) is 0.527. The molecule has 80 valence electrons. The average Bonchev–Trinajstić information content (AvgIpc) is 2.56. The summed E-state index contributed by atoms with van der Waals surface area (Å²) in [5, 5.41) is 20.3. The van der Waals surface area contributed by atoms with Gasteiger partial charge in [-0.15, -0.1) is 0 Å². The Hall–Kier alpha value is -1.39. The third kappa shape index (κ3) is 2.55. The van der Waals surface area contributed by atoms with Crippen molar-refractivity contribution in [2.45, 2.75) is 18.8 Å². The van der Waals surface area contributed by atoms with Crippen molar-refractivity contribution in [1.29, 1.82) is 0 Å². The molecule has 1 aliphatic rings. The number of aliphatic hydroxyl groups excluding tert-OH is 1. The van der Waals surface area contributed by atoms with E-state index in [-0.39, 0.29) is 6.54 Å². The normalized spacial score (nSPS) is 25.3. The molecule has 0 saturated carbocycles. The fraction of sp³-hybridized carbons (Fsp3) is 0.364. The van der Waals surface area contributed by atoms with Gasteiger partial charge in [-0.05, 0) is 5.56 Å². The minimum absolute atomic E-state index is 0.0967. The van der Waals surface area contributed by atoms with E-state index in [1.165, 1.54) is 6.21 Å². The van der Waals surface area contributed by atoms with Crippen LogP contribution in [-0.2, 0) is 11.3 Å². The summed E-state index contributed by atoms with van der Waals surface area (Å²) in [5.41, 5.74) is 1.03. The molecule has 1 aliphatic heterocycles. The predicted molar refractivity (Wildman–Crippen MR) is 55.6 cm³/mol. The first-order valence-corrected chi connectivity index (χ1v) is 4.88. The van der Waals surface area contributed by atoms with E-state index in [2.05, 4.69) is 0 Å². The first-order chi connectivity index (χ1) is 7.25. The van der Waals surface area contributed by atoms with Crippen LogP contribution >= 0.6 is 0 Å². The maximum atomic E-state index is 10.9. The number of β-amino-alcohol motifs (C(OH)–C–C–N with tert-alkyl or cyclic N) is 1. The first kappa shape index (κ1) is 10.1. The molecule has 15 heavy (non-hydrogen) atoms. The van der Waals surface area contributed by atoms with Crippen molar-refractivity contribution < 1.29 is 14.6 Å². The highest BCUT2D eigenvalue weighted by Crippen LogP contribution is 2.08. The van der Waals surface area contributed by atoms with E-state index < -0.39 is 12.2 Å². The van der Waals surface area contributed by atoms with Crippen LogP contribution in [0.25, 0.3) is 0 Å². The van der Waals surface area contributed by atoms with Crippen molar-refractivity contribution in [3.63, 3.8) is 0 Å². The molecule has 0 bridgehead atoms. The van der Waals surface area contributed by atoms with E-state index in [1.54, 1.807) is 0 Å². The van der Waals surface area contributed by atoms with E-state index in [0.29, 0.717) is 11.3 Å². The number of ether oxygens (including phenoxy) is 1. The van der Waals surface area contributed by atoms with Crippen LogP contribution in [-0.4, -0.2) is 34.8 Å². The number of aliphatic hydroxyl groups is 1. The summed E-state index contributed by atoms with van der Waals surface area (Å²) >= 11 is 0. The number of nitrogens with zero attached hydrogens (tertiary/aromatic N) is 1. The molecular formula is C11H13NO3.